The molecule has 0 spiro atoms. The van der Waals surface area contributed by atoms with Gasteiger partial charge < -0.3 is 29.7 Å². The smallest absolute Gasteiger partial charge is 0.410 e. The number of urea groups is 1. The van der Waals surface area contributed by atoms with Gasteiger partial charge in [0.2, 0.25) is 0 Å². The molecular weight excluding hydrogens is 658 g/mol. The summed E-state index contributed by atoms with van der Waals surface area (Å²) in [5.41, 5.74) is 5.20. The zero-order chi connectivity index (χ0) is 33.1. The number of likely N-dealkylation sites (tertiary alicyclic amines) is 3. The van der Waals surface area contributed by atoms with E-state index in [1.54, 1.807) is 4.90 Å². The molecule has 3 fully saturated rings. The number of hydrogen-bond acceptors (Lipinski definition) is 5. The first-order chi connectivity index (χ1) is 22.7. The molecule has 2 aromatic rings. The normalized spacial score (nSPS) is 21.2. The minimum Gasteiger partial charge on any atom is -0.436 e. The van der Waals surface area contributed by atoms with Crippen LogP contribution in [0.2, 0.25) is 0 Å². The van der Waals surface area contributed by atoms with Crippen molar-refractivity contribution in [1.29, 1.82) is 0 Å². The summed E-state index contributed by atoms with van der Waals surface area (Å²) in [5, 5.41) is 3.07. The fourth-order valence-electron chi connectivity index (χ4n) is 8.14. The Hall–Kier alpha value is -3.11. The highest BCUT2D eigenvalue weighted by molar-refractivity contribution is 9.10. The molecule has 1 atom stereocenters. The van der Waals surface area contributed by atoms with Crippen molar-refractivity contribution in [3.8, 4) is 0 Å². The first kappa shape index (κ1) is 33.8. The van der Waals surface area contributed by atoms with Crippen molar-refractivity contribution in [2.75, 3.05) is 58.2 Å². The molecule has 0 bridgehead atoms. The van der Waals surface area contributed by atoms with E-state index in [-0.39, 0.29) is 18.0 Å². The third-order valence-electron chi connectivity index (χ3n) is 11.0. The second-order valence-corrected chi connectivity index (χ2v) is 15.0. The molecule has 4 heterocycles. The first-order valence-corrected chi connectivity index (χ1v) is 18.3. The summed E-state index contributed by atoms with van der Waals surface area (Å²) in [4.78, 5) is 48.8. The van der Waals surface area contributed by atoms with Crippen molar-refractivity contribution in [3.63, 3.8) is 0 Å². The summed E-state index contributed by atoms with van der Waals surface area (Å²) in [6.45, 7) is 9.46. The zero-order valence-corrected chi connectivity index (χ0v) is 29.8. The quantitative estimate of drug-likeness (QED) is 0.384. The zero-order valence-electron chi connectivity index (χ0n) is 28.2. The molecule has 0 aliphatic carbocycles. The molecule has 47 heavy (non-hydrogen) atoms. The van der Waals surface area contributed by atoms with Crippen LogP contribution in [-0.2, 0) is 22.4 Å². The van der Waals surface area contributed by atoms with Crippen molar-refractivity contribution >= 4 is 39.6 Å². The molecule has 0 aromatic heterocycles. The molecule has 0 unspecified atom stereocenters. The van der Waals surface area contributed by atoms with E-state index < -0.39 is 12.2 Å². The number of hydrogen-bond donors (Lipinski definition) is 1. The second-order valence-electron chi connectivity index (χ2n) is 14.2. The Labute approximate surface area is 288 Å². The molecular formula is C37H50BrN5O4. The first-order valence-electron chi connectivity index (χ1n) is 17.5. The molecule has 4 aliphatic rings. The lowest BCUT2D eigenvalue weighted by Gasteiger charge is -2.40. The van der Waals surface area contributed by atoms with Crippen LogP contribution in [0.25, 0.3) is 0 Å². The van der Waals surface area contributed by atoms with Gasteiger partial charge in [-0.1, -0.05) is 46.3 Å². The van der Waals surface area contributed by atoms with Crippen LogP contribution in [0.4, 0.5) is 15.3 Å². The third-order valence-corrected chi connectivity index (χ3v) is 12.3. The van der Waals surface area contributed by atoms with Crippen LogP contribution < -0.4 is 5.32 Å². The van der Waals surface area contributed by atoms with Gasteiger partial charge in [0, 0.05) is 55.3 Å². The number of rotatable bonds is 6. The Morgan fingerprint density at radius 1 is 0.872 bits per heavy atom. The van der Waals surface area contributed by atoms with Gasteiger partial charge in [0.05, 0.1) is 0 Å². The largest absolute Gasteiger partial charge is 0.436 e. The van der Waals surface area contributed by atoms with Gasteiger partial charge in [-0.15, -0.1) is 0 Å². The van der Waals surface area contributed by atoms with Gasteiger partial charge in [0.15, 0.2) is 6.10 Å². The van der Waals surface area contributed by atoms with Gasteiger partial charge in [-0.2, -0.15) is 0 Å². The highest BCUT2D eigenvalue weighted by Gasteiger charge is 2.37. The Bertz CT molecular complexity index is 1420. The van der Waals surface area contributed by atoms with Gasteiger partial charge in [-0.3, -0.25) is 4.79 Å². The third kappa shape index (κ3) is 7.96. The fourth-order valence-corrected chi connectivity index (χ4v) is 8.37. The molecule has 2 aromatic carbocycles. The van der Waals surface area contributed by atoms with E-state index in [2.05, 4.69) is 51.4 Å². The number of fused-ring (bicyclic) bond motifs is 1. The average Bonchev–Trinajstić information content (AvgIpc) is 3.25. The van der Waals surface area contributed by atoms with Gasteiger partial charge in [0.25, 0.3) is 5.91 Å². The van der Waals surface area contributed by atoms with E-state index in [4.69, 9.17) is 4.74 Å². The number of nitrogens with one attached hydrogen (secondary N) is 1. The van der Waals surface area contributed by atoms with Gasteiger partial charge in [-0.25, -0.2) is 9.59 Å². The van der Waals surface area contributed by atoms with Crippen LogP contribution in [-0.4, -0.2) is 103 Å². The number of amides is 4. The number of aryl methyl sites for hydroxylation is 2. The summed E-state index contributed by atoms with van der Waals surface area (Å²) in [6.07, 6.45) is 5.68. The van der Waals surface area contributed by atoms with E-state index >= 15 is 0 Å². The molecule has 9 nitrogen and oxygen atoms in total. The lowest BCUT2D eigenvalue weighted by molar-refractivity contribution is -0.142. The van der Waals surface area contributed by atoms with E-state index in [1.807, 2.05) is 41.8 Å². The molecule has 10 heteroatoms. The van der Waals surface area contributed by atoms with E-state index in [9.17, 15) is 14.4 Å². The minimum atomic E-state index is -0.880. The van der Waals surface area contributed by atoms with Crippen LogP contribution >= 0.6 is 15.9 Å². The SMILES string of the molecule is Cc1cc(C[C@@H](OC(=O)N2CCC(N3CCc4ccccc4NC3=O)CC2)C(=O)N2CCC(C3CCN(C)CC3)CC2)cc(C)c1Br. The van der Waals surface area contributed by atoms with Crippen molar-refractivity contribution < 1.29 is 19.1 Å². The second kappa shape index (κ2) is 15.0. The molecule has 3 saturated heterocycles. The monoisotopic (exact) mass is 707 g/mol. The summed E-state index contributed by atoms with van der Waals surface area (Å²) in [7, 11) is 2.20. The Balaban J connectivity index is 1.08. The van der Waals surface area contributed by atoms with Crippen LogP contribution in [0.15, 0.2) is 40.9 Å². The number of halogens is 1. The van der Waals surface area contributed by atoms with Crippen LogP contribution in [0, 0.1) is 25.7 Å². The van der Waals surface area contributed by atoms with Crippen LogP contribution in [0.3, 0.4) is 0 Å². The summed E-state index contributed by atoms with van der Waals surface area (Å²) in [6, 6.07) is 12.1. The maximum Gasteiger partial charge on any atom is 0.410 e. The highest BCUT2D eigenvalue weighted by atomic mass is 79.9. The predicted octanol–water partition coefficient (Wildman–Crippen LogP) is 6.25. The number of carbonyl (C=O) groups is 3. The Kier molecular flexibility index (Phi) is 10.8. The average molecular weight is 709 g/mol. The fraction of sp³-hybridized carbons (Fsp3) is 0.595. The number of anilines is 1. The van der Waals surface area contributed by atoms with E-state index in [0.29, 0.717) is 44.8 Å². The maximum absolute atomic E-state index is 14.1. The van der Waals surface area contributed by atoms with Crippen molar-refractivity contribution in [2.45, 2.75) is 77.4 Å². The highest BCUT2D eigenvalue weighted by Crippen LogP contribution is 2.33. The number of para-hydroxylation sites is 1. The summed E-state index contributed by atoms with van der Waals surface area (Å²) < 4.78 is 7.18. The number of benzene rings is 2. The molecule has 4 amide bonds. The number of ether oxygens (including phenoxy) is 1. The molecule has 4 aliphatic heterocycles. The van der Waals surface area contributed by atoms with Gasteiger partial charge in [-0.05, 0) is 119 Å². The topological polar surface area (TPSA) is 85.4 Å². The van der Waals surface area contributed by atoms with Gasteiger partial charge >= 0.3 is 12.1 Å². The Morgan fingerprint density at radius 2 is 1.47 bits per heavy atom. The minimum absolute atomic E-state index is 0.0466. The van der Waals surface area contributed by atoms with Crippen molar-refractivity contribution in [2.24, 2.45) is 11.8 Å². The van der Waals surface area contributed by atoms with Crippen LogP contribution in [0.1, 0.15) is 60.8 Å². The number of piperidine rings is 3. The van der Waals surface area contributed by atoms with Crippen molar-refractivity contribution in [3.05, 3.63) is 63.1 Å². The number of nitrogens with zero attached hydrogens (tertiary/aromatic N) is 4. The molecule has 1 N–H and O–H groups in total. The number of carbonyl (C=O) groups excluding carboxylic acids is 3. The standard InChI is InChI=1S/C37H50BrN5O4/c1-25-22-27(23-26(2)34(25)38)24-33(35(44)41-17-10-29(11-18-41)28-8-15-40(3)16-9-28)47-37(46)42-19-13-31(14-20-42)43-21-12-30-6-4-5-7-32(30)39-36(43)45/h4-7,22-23,28-29,31,33H,8-21,24H2,1-3H3,(H,39,45)/t33-/m1/s1. The van der Waals surface area contributed by atoms with Gasteiger partial charge in [0.1, 0.15) is 0 Å². The summed E-state index contributed by atoms with van der Waals surface area (Å²) in [5.74, 6) is 1.31. The predicted molar refractivity (Wildman–Crippen MR) is 188 cm³/mol. The molecule has 254 valence electrons. The Morgan fingerprint density at radius 3 is 2.13 bits per heavy atom. The van der Waals surface area contributed by atoms with E-state index in [0.717, 1.165) is 83.8 Å². The lowest BCUT2D eigenvalue weighted by atomic mass is 9.79. The van der Waals surface area contributed by atoms with Crippen LogP contribution in [0.5, 0.6) is 0 Å². The summed E-state index contributed by atoms with van der Waals surface area (Å²) >= 11 is 3.66. The lowest BCUT2D eigenvalue weighted by Crippen LogP contribution is -2.52. The maximum atomic E-state index is 14.1. The van der Waals surface area contributed by atoms with E-state index in [1.165, 1.54) is 12.8 Å². The molecule has 0 radical (unpaired) electrons. The molecule has 6 rings (SSSR count). The van der Waals surface area contributed by atoms with Crippen molar-refractivity contribution in [1.82, 2.24) is 19.6 Å². The molecule has 0 saturated carbocycles.